The van der Waals surface area contributed by atoms with Crippen molar-refractivity contribution in [1.29, 1.82) is 0 Å². The van der Waals surface area contributed by atoms with Gasteiger partial charge in [-0.25, -0.2) is 4.39 Å². The molecule has 0 saturated heterocycles. The highest BCUT2D eigenvalue weighted by Crippen LogP contribution is 2.31. The fourth-order valence-corrected chi connectivity index (χ4v) is 2.52. The standard InChI is InChI=1S/C11H15FO3S/c1-6(13)9-8(12)4-7(16-9)5-11(2,3)10(14)15/h4,6,13H,5H2,1-3H3,(H,14,15). The molecule has 1 aromatic heterocycles. The molecule has 0 aliphatic carbocycles. The zero-order chi connectivity index (χ0) is 12.5. The van der Waals surface area contributed by atoms with Crippen LogP contribution in [0.1, 0.15) is 36.6 Å². The lowest BCUT2D eigenvalue weighted by molar-refractivity contribution is -0.146. The van der Waals surface area contributed by atoms with E-state index < -0.39 is 23.3 Å². The minimum absolute atomic E-state index is 0.260. The van der Waals surface area contributed by atoms with Crippen LogP contribution in [-0.2, 0) is 11.2 Å². The lowest BCUT2D eigenvalue weighted by Crippen LogP contribution is -2.25. The van der Waals surface area contributed by atoms with Crippen molar-refractivity contribution in [1.82, 2.24) is 0 Å². The fraction of sp³-hybridized carbons (Fsp3) is 0.545. The summed E-state index contributed by atoms with van der Waals surface area (Å²) in [5.74, 6) is -1.38. The fourth-order valence-electron chi connectivity index (χ4n) is 1.32. The topological polar surface area (TPSA) is 57.5 Å². The number of halogens is 1. The van der Waals surface area contributed by atoms with Gasteiger partial charge in [-0.2, -0.15) is 0 Å². The Balaban J connectivity index is 2.91. The van der Waals surface area contributed by atoms with Crippen molar-refractivity contribution in [3.8, 4) is 0 Å². The van der Waals surface area contributed by atoms with Crippen molar-refractivity contribution >= 4 is 17.3 Å². The maximum Gasteiger partial charge on any atom is 0.309 e. The summed E-state index contributed by atoms with van der Waals surface area (Å²) >= 11 is 1.12. The molecule has 2 N–H and O–H groups in total. The average molecular weight is 246 g/mol. The normalized spacial score (nSPS) is 13.8. The Morgan fingerprint density at radius 3 is 2.56 bits per heavy atom. The maximum atomic E-state index is 13.3. The molecule has 1 heterocycles. The van der Waals surface area contributed by atoms with Gasteiger partial charge in [0.2, 0.25) is 0 Å². The van der Waals surface area contributed by atoms with Crippen molar-refractivity contribution in [2.45, 2.75) is 33.3 Å². The number of aliphatic hydroxyl groups excluding tert-OH is 1. The van der Waals surface area contributed by atoms with Gasteiger partial charge in [0, 0.05) is 4.88 Å². The van der Waals surface area contributed by atoms with E-state index in [2.05, 4.69) is 0 Å². The zero-order valence-corrected chi connectivity index (χ0v) is 10.3. The van der Waals surface area contributed by atoms with Gasteiger partial charge < -0.3 is 10.2 Å². The number of aliphatic carboxylic acids is 1. The molecule has 1 atom stereocenters. The number of carboxylic acids is 1. The van der Waals surface area contributed by atoms with Gasteiger partial charge >= 0.3 is 5.97 Å². The summed E-state index contributed by atoms with van der Waals surface area (Å²) in [6, 6.07) is 1.30. The van der Waals surface area contributed by atoms with Gasteiger partial charge in [0.05, 0.1) is 16.4 Å². The molecule has 0 aliphatic rings. The van der Waals surface area contributed by atoms with Crippen molar-refractivity contribution < 1.29 is 19.4 Å². The van der Waals surface area contributed by atoms with E-state index in [0.29, 0.717) is 4.88 Å². The second-order valence-corrected chi connectivity index (χ2v) is 5.64. The lowest BCUT2D eigenvalue weighted by atomic mass is 9.89. The van der Waals surface area contributed by atoms with E-state index in [1.807, 2.05) is 0 Å². The van der Waals surface area contributed by atoms with Crippen molar-refractivity contribution in [3.63, 3.8) is 0 Å². The highest BCUT2D eigenvalue weighted by molar-refractivity contribution is 7.12. The highest BCUT2D eigenvalue weighted by Gasteiger charge is 2.29. The molecular weight excluding hydrogens is 231 g/mol. The summed E-state index contributed by atoms with van der Waals surface area (Å²) in [5.41, 5.74) is -0.923. The van der Waals surface area contributed by atoms with Crippen LogP contribution < -0.4 is 0 Å². The molecule has 0 bridgehead atoms. The molecular formula is C11H15FO3S. The first-order valence-corrected chi connectivity index (χ1v) is 5.75. The summed E-state index contributed by atoms with van der Waals surface area (Å²) < 4.78 is 13.3. The first-order valence-electron chi connectivity index (χ1n) is 4.93. The molecule has 1 rings (SSSR count). The summed E-state index contributed by atoms with van der Waals surface area (Å²) in [6.45, 7) is 4.67. The van der Waals surface area contributed by atoms with Gasteiger partial charge in [0.15, 0.2) is 0 Å². The van der Waals surface area contributed by atoms with Gasteiger partial charge in [-0.3, -0.25) is 4.79 Å². The van der Waals surface area contributed by atoms with Crippen LogP contribution in [0.3, 0.4) is 0 Å². The van der Waals surface area contributed by atoms with Crippen LogP contribution in [0.2, 0.25) is 0 Å². The predicted molar refractivity (Wildman–Crippen MR) is 60.0 cm³/mol. The third-order valence-corrected chi connectivity index (χ3v) is 3.62. The Bertz CT molecular complexity index is 396. The van der Waals surface area contributed by atoms with E-state index in [1.165, 1.54) is 13.0 Å². The predicted octanol–water partition coefficient (Wildman–Crippen LogP) is 2.59. The summed E-state index contributed by atoms with van der Waals surface area (Å²) in [6.07, 6.45) is -0.594. The first-order chi connectivity index (χ1) is 7.24. The molecule has 0 radical (unpaired) electrons. The van der Waals surface area contributed by atoms with Gasteiger partial charge in [-0.15, -0.1) is 11.3 Å². The molecule has 0 aliphatic heterocycles. The molecule has 0 amide bonds. The summed E-state index contributed by atoms with van der Waals surface area (Å²) in [7, 11) is 0. The largest absolute Gasteiger partial charge is 0.481 e. The Labute approximate surface area is 97.5 Å². The summed E-state index contributed by atoms with van der Waals surface area (Å²) in [4.78, 5) is 11.8. The lowest BCUT2D eigenvalue weighted by Gasteiger charge is -2.17. The Morgan fingerprint density at radius 2 is 2.19 bits per heavy atom. The van der Waals surface area contributed by atoms with Crippen LogP contribution in [0.5, 0.6) is 0 Å². The van der Waals surface area contributed by atoms with E-state index in [1.54, 1.807) is 13.8 Å². The van der Waals surface area contributed by atoms with Crippen LogP contribution in [-0.4, -0.2) is 16.2 Å². The Hall–Kier alpha value is -0.940. The van der Waals surface area contributed by atoms with Crippen LogP contribution in [0.15, 0.2) is 6.07 Å². The minimum Gasteiger partial charge on any atom is -0.481 e. The second kappa shape index (κ2) is 4.51. The molecule has 5 heteroatoms. The van der Waals surface area contributed by atoms with E-state index in [4.69, 9.17) is 5.11 Å². The Kier molecular flexibility index (Phi) is 3.70. The van der Waals surface area contributed by atoms with E-state index in [-0.39, 0.29) is 11.3 Å². The molecule has 90 valence electrons. The third kappa shape index (κ3) is 2.80. The average Bonchev–Trinajstić information content (AvgIpc) is 2.45. The second-order valence-electron chi connectivity index (χ2n) is 4.47. The van der Waals surface area contributed by atoms with E-state index in [0.717, 1.165) is 11.3 Å². The zero-order valence-electron chi connectivity index (χ0n) is 9.45. The van der Waals surface area contributed by atoms with E-state index >= 15 is 0 Å². The van der Waals surface area contributed by atoms with Gasteiger partial charge in [-0.05, 0) is 33.3 Å². The molecule has 0 fully saturated rings. The number of hydrogen-bond acceptors (Lipinski definition) is 3. The van der Waals surface area contributed by atoms with Gasteiger partial charge in [-0.1, -0.05) is 0 Å². The molecule has 16 heavy (non-hydrogen) atoms. The van der Waals surface area contributed by atoms with Crippen molar-refractivity contribution in [3.05, 3.63) is 21.6 Å². The molecule has 1 aromatic rings. The van der Waals surface area contributed by atoms with Crippen LogP contribution in [0.4, 0.5) is 4.39 Å². The Morgan fingerprint density at radius 1 is 1.62 bits per heavy atom. The first kappa shape index (κ1) is 13.1. The molecule has 0 saturated carbocycles. The van der Waals surface area contributed by atoms with Crippen molar-refractivity contribution in [2.75, 3.05) is 0 Å². The van der Waals surface area contributed by atoms with E-state index in [9.17, 15) is 14.3 Å². The smallest absolute Gasteiger partial charge is 0.309 e. The number of aliphatic hydroxyl groups is 1. The number of hydrogen-bond donors (Lipinski definition) is 2. The van der Waals surface area contributed by atoms with Crippen molar-refractivity contribution in [2.24, 2.45) is 5.41 Å². The van der Waals surface area contributed by atoms with Crippen LogP contribution in [0.25, 0.3) is 0 Å². The molecule has 0 spiro atoms. The van der Waals surface area contributed by atoms with Gasteiger partial charge in [0.25, 0.3) is 0 Å². The third-order valence-electron chi connectivity index (χ3n) is 2.34. The number of carbonyl (C=O) groups is 1. The molecule has 0 aromatic carbocycles. The number of carboxylic acid groups (broad SMARTS) is 1. The van der Waals surface area contributed by atoms with Gasteiger partial charge in [0.1, 0.15) is 5.82 Å². The molecule has 1 unspecified atom stereocenters. The minimum atomic E-state index is -0.923. The SMILES string of the molecule is CC(O)c1sc(CC(C)(C)C(=O)O)cc1F. The molecule has 3 nitrogen and oxygen atoms in total. The number of thiophene rings is 1. The van der Waals surface area contributed by atoms with Crippen LogP contribution >= 0.6 is 11.3 Å². The summed E-state index contributed by atoms with van der Waals surface area (Å²) in [5, 5.41) is 18.2. The highest BCUT2D eigenvalue weighted by atomic mass is 32.1. The number of rotatable bonds is 4. The quantitative estimate of drug-likeness (QED) is 0.858. The van der Waals surface area contributed by atoms with Crippen LogP contribution in [0, 0.1) is 11.2 Å². The monoisotopic (exact) mass is 246 g/mol. The maximum absolute atomic E-state index is 13.3.